The van der Waals surface area contributed by atoms with Crippen LogP contribution in [0.3, 0.4) is 0 Å². The topological polar surface area (TPSA) is 75.3 Å². The second-order valence-electron chi connectivity index (χ2n) is 3.04. The van der Waals surface area contributed by atoms with E-state index in [9.17, 15) is 0 Å². The first-order valence-electron chi connectivity index (χ1n) is 4.92. The maximum Gasteiger partial charge on any atom is 0.205 e. The highest BCUT2D eigenvalue weighted by Crippen LogP contribution is 2.08. The van der Waals surface area contributed by atoms with Crippen LogP contribution >= 0.6 is 11.3 Å². The van der Waals surface area contributed by atoms with Crippen molar-refractivity contribution >= 4 is 17.3 Å². The van der Waals surface area contributed by atoms with E-state index >= 15 is 0 Å². The molecule has 0 aliphatic heterocycles. The van der Waals surface area contributed by atoms with Gasteiger partial charge in [-0.25, -0.2) is 10.8 Å². The minimum atomic E-state index is 0.630. The molecular weight excluding hydrogens is 210 g/mol. The van der Waals surface area contributed by atoms with Crippen molar-refractivity contribution in [2.45, 2.75) is 20.3 Å². The number of nitrogens with one attached hydrogen (secondary N) is 2. The van der Waals surface area contributed by atoms with E-state index in [0.29, 0.717) is 12.5 Å². The summed E-state index contributed by atoms with van der Waals surface area (Å²) >= 11 is 1.67. The van der Waals surface area contributed by atoms with Crippen molar-refractivity contribution in [1.82, 2.24) is 15.7 Å². The van der Waals surface area contributed by atoms with Crippen LogP contribution in [0.2, 0.25) is 0 Å². The molecule has 6 heteroatoms. The second-order valence-corrected chi connectivity index (χ2v) is 3.98. The highest BCUT2D eigenvalue weighted by atomic mass is 32.1. The van der Waals surface area contributed by atoms with E-state index in [1.165, 1.54) is 0 Å². The number of rotatable bonds is 4. The Morgan fingerprint density at radius 2 is 2.47 bits per heavy atom. The van der Waals surface area contributed by atoms with Crippen molar-refractivity contribution in [2.24, 2.45) is 10.8 Å². The molecule has 1 aromatic rings. The molecule has 0 aliphatic carbocycles. The van der Waals surface area contributed by atoms with Gasteiger partial charge in [-0.15, -0.1) is 11.3 Å². The summed E-state index contributed by atoms with van der Waals surface area (Å²) in [4.78, 5) is 8.63. The minimum Gasteiger partial charge on any atom is -0.356 e. The highest BCUT2D eigenvalue weighted by molar-refractivity contribution is 7.09. The maximum atomic E-state index is 5.29. The van der Waals surface area contributed by atoms with Gasteiger partial charge < -0.3 is 5.32 Å². The predicted molar refractivity (Wildman–Crippen MR) is 63.9 cm³/mol. The Morgan fingerprint density at radius 3 is 3.00 bits per heavy atom. The zero-order chi connectivity index (χ0) is 11.1. The summed E-state index contributed by atoms with van der Waals surface area (Å²) in [7, 11) is 0. The lowest BCUT2D eigenvalue weighted by molar-refractivity contribution is 0.841. The van der Waals surface area contributed by atoms with Crippen LogP contribution in [-0.2, 0) is 6.42 Å². The molecule has 0 radical (unpaired) electrons. The van der Waals surface area contributed by atoms with E-state index < -0.39 is 0 Å². The molecule has 1 heterocycles. The quantitative estimate of drug-likeness (QED) is 0.302. The first kappa shape index (κ1) is 11.9. The smallest absolute Gasteiger partial charge is 0.205 e. The van der Waals surface area contributed by atoms with E-state index in [1.54, 1.807) is 11.3 Å². The van der Waals surface area contributed by atoms with Crippen LogP contribution in [0.25, 0.3) is 0 Å². The number of aliphatic imine (C=N–C) groups is 1. The van der Waals surface area contributed by atoms with Gasteiger partial charge in [0.1, 0.15) is 0 Å². The average Bonchev–Trinajstić information content (AvgIpc) is 2.63. The van der Waals surface area contributed by atoms with Crippen molar-refractivity contribution in [3.05, 3.63) is 16.1 Å². The fraction of sp³-hybridized carbons (Fsp3) is 0.556. The van der Waals surface area contributed by atoms with Crippen molar-refractivity contribution in [1.29, 1.82) is 0 Å². The fourth-order valence-electron chi connectivity index (χ4n) is 1.10. The number of guanidine groups is 1. The molecule has 0 aliphatic rings. The van der Waals surface area contributed by atoms with Gasteiger partial charge in [-0.1, -0.05) is 0 Å². The van der Waals surface area contributed by atoms with Crippen molar-refractivity contribution < 1.29 is 0 Å². The molecule has 1 rings (SSSR count). The average molecular weight is 227 g/mol. The Hall–Kier alpha value is -1.14. The van der Waals surface area contributed by atoms with Crippen molar-refractivity contribution in [2.75, 3.05) is 13.1 Å². The third-order valence-electron chi connectivity index (χ3n) is 1.74. The standard InChI is InChI=1S/C9H17N5S/c1-3-11-9(14-10)12-5-4-8-13-7(2)6-15-8/h6H,3-5,10H2,1-2H3,(H2,11,12,14). The van der Waals surface area contributed by atoms with E-state index in [1.807, 2.05) is 19.2 Å². The summed E-state index contributed by atoms with van der Waals surface area (Å²) in [5, 5.41) is 6.18. The SMILES string of the molecule is CCNC(=NCCc1nc(C)cs1)NN. The van der Waals surface area contributed by atoms with Gasteiger partial charge in [0, 0.05) is 30.6 Å². The predicted octanol–water partition coefficient (Wildman–Crippen LogP) is 0.423. The Balaban J connectivity index is 2.36. The van der Waals surface area contributed by atoms with E-state index in [4.69, 9.17) is 5.84 Å². The molecule has 0 unspecified atom stereocenters. The maximum absolute atomic E-state index is 5.29. The van der Waals surface area contributed by atoms with E-state index in [2.05, 4.69) is 20.7 Å². The number of aromatic nitrogens is 1. The molecule has 0 bridgehead atoms. The summed E-state index contributed by atoms with van der Waals surface area (Å²) in [6.07, 6.45) is 0.856. The Bertz CT molecular complexity index is 320. The van der Waals surface area contributed by atoms with Crippen LogP contribution in [-0.4, -0.2) is 24.0 Å². The van der Waals surface area contributed by atoms with Gasteiger partial charge in [-0.3, -0.25) is 10.4 Å². The van der Waals surface area contributed by atoms with Gasteiger partial charge in [0.2, 0.25) is 5.96 Å². The molecule has 0 spiro atoms. The molecule has 15 heavy (non-hydrogen) atoms. The lowest BCUT2D eigenvalue weighted by atomic mass is 10.4. The number of hydrogen-bond donors (Lipinski definition) is 3. The summed E-state index contributed by atoms with van der Waals surface area (Å²) in [6.45, 7) is 5.49. The Kier molecular flexibility index (Phi) is 5.06. The Morgan fingerprint density at radius 1 is 1.67 bits per heavy atom. The fourth-order valence-corrected chi connectivity index (χ4v) is 1.87. The summed E-state index contributed by atoms with van der Waals surface area (Å²) in [6, 6.07) is 0. The van der Waals surface area contributed by atoms with Gasteiger partial charge in [-0.2, -0.15) is 0 Å². The molecule has 1 aromatic heterocycles. The summed E-state index contributed by atoms with van der Waals surface area (Å²) in [5.74, 6) is 5.92. The molecule has 0 saturated carbocycles. The number of aryl methyl sites for hydroxylation is 1. The van der Waals surface area contributed by atoms with E-state index in [-0.39, 0.29) is 0 Å². The number of nitrogens with two attached hydrogens (primary N) is 1. The van der Waals surface area contributed by atoms with Gasteiger partial charge in [0.15, 0.2) is 0 Å². The molecule has 0 aromatic carbocycles. The zero-order valence-electron chi connectivity index (χ0n) is 9.08. The highest BCUT2D eigenvalue weighted by Gasteiger charge is 1.98. The first-order valence-corrected chi connectivity index (χ1v) is 5.80. The molecule has 0 saturated heterocycles. The van der Waals surface area contributed by atoms with Crippen LogP contribution in [0.5, 0.6) is 0 Å². The molecule has 84 valence electrons. The molecule has 0 amide bonds. The monoisotopic (exact) mass is 227 g/mol. The molecule has 0 fully saturated rings. The summed E-state index contributed by atoms with van der Waals surface area (Å²) < 4.78 is 0. The van der Waals surface area contributed by atoms with Crippen LogP contribution in [0.15, 0.2) is 10.4 Å². The van der Waals surface area contributed by atoms with Crippen molar-refractivity contribution in [3.63, 3.8) is 0 Å². The third-order valence-corrected chi connectivity index (χ3v) is 2.77. The zero-order valence-corrected chi connectivity index (χ0v) is 9.90. The van der Waals surface area contributed by atoms with Gasteiger partial charge in [0.05, 0.1) is 5.01 Å². The molecule has 0 atom stereocenters. The third kappa shape index (κ3) is 4.26. The van der Waals surface area contributed by atoms with Crippen LogP contribution in [0.4, 0.5) is 0 Å². The normalized spacial score (nSPS) is 11.5. The first-order chi connectivity index (χ1) is 7.26. The number of hydrogen-bond acceptors (Lipinski definition) is 4. The number of thiazole rings is 1. The number of nitrogens with zero attached hydrogens (tertiary/aromatic N) is 2. The lowest BCUT2D eigenvalue weighted by Crippen LogP contribution is -2.41. The minimum absolute atomic E-state index is 0.630. The van der Waals surface area contributed by atoms with Crippen LogP contribution in [0.1, 0.15) is 17.6 Å². The molecule has 4 N–H and O–H groups in total. The van der Waals surface area contributed by atoms with Crippen molar-refractivity contribution in [3.8, 4) is 0 Å². The summed E-state index contributed by atoms with van der Waals surface area (Å²) in [5.41, 5.74) is 3.59. The largest absolute Gasteiger partial charge is 0.356 e. The van der Waals surface area contributed by atoms with Gasteiger partial charge in [-0.05, 0) is 13.8 Å². The number of hydrazine groups is 1. The molecule has 5 nitrogen and oxygen atoms in total. The van der Waals surface area contributed by atoms with Gasteiger partial charge in [0.25, 0.3) is 0 Å². The molecular formula is C9H17N5S. The van der Waals surface area contributed by atoms with Crippen LogP contribution in [0, 0.1) is 6.92 Å². The van der Waals surface area contributed by atoms with Gasteiger partial charge >= 0.3 is 0 Å². The Labute approximate surface area is 93.8 Å². The van der Waals surface area contributed by atoms with Crippen LogP contribution < -0.4 is 16.6 Å². The second kappa shape index (κ2) is 6.36. The van der Waals surface area contributed by atoms with E-state index in [0.717, 1.165) is 23.7 Å². The lowest BCUT2D eigenvalue weighted by Gasteiger charge is -2.05.